The van der Waals surface area contributed by atoms with Crippen molar-refractivity contribution in [1.82, 2.24) is 5.32 Å². The monoisotopic (exact) mass is 143 g/mol. The lowest BCUT2D eigenvalue weighted by Gasteiger charge is -2.03. The van der Waals surface area contributed by atoms with Gasteiger partial charge in [-0.1, -0.05) is 5.16 Å². The van der Waals surface area contributed by atoms with E-state index in [9.17, 15) is 0 Å². The van der Waals surface area contributed by atoms with Crippen molar-refractivity contribution < 1.29 is 4.84 Å². The second-order valence-electron chi connectivity index (χ2n) is 2.33. The van der Waals surface area contributed by atoms with E-state index in [0.717, 1.165) is 18.8 Å². The first-order valence-corrected chi connectivity index (χ1v) is 3.39. The molecule has 1 rings (SSSR count). The van der Waals surface area contributed by atoms with Gasteiger partial charge >= 0.3 is 0 Å². The Morgan fingerprint density at radius 1 is 1.90 bits per heavy atom. The molecule has 0 saturated carbocycles. The summed E-state index contributed by atoms with van der Waals surface area (Å²) < 4.78 is 0. The summed E-state index contributed by atoms with van der Waals surface area (Å²) >= 11 is 0. The molecule has 1 heterocycles. The Kier molecular flexibility index (Phi) is 2.65. The summed E-state index contributed by atoms with van der Waals surface area (Å²) in [6.45, 7) is 2.39. The molecule has 4 nitrogen and oxygen atoms in total. The molecule has 0 aromatic carbocycles. The third-order valence-corrected chi connectivity index (χ3v) is 1.66. The van der Waals surface area contributed by atoms with E-state index >= 15 is 0 Å². The largest absolute Gasteiger partial charge is 0.399 e. The number of rotatable bonds is 2. The highest BCUT2D eigenvalue weighted by molar-refractivity contribution is 5.90. The summed E-state index contributed by atoms with van der Waals surface area (Å²) in [4.78, 5) is 4.65. The minimum Gasteiger partial charge on any atom is -0.399 e. The molecule has 1 saturated heterocycles. The van der Waals surface area contributed by atoms with E-state index in [1.807, 2.05) is 0 Å². The van der Waals surface area contributed by atoms with E-state index in [2.05, 4.69) is 15.3 Å². The molecular formula is C6H13N3O. The van der Waals surface area contributed by atoms with Crippen LogP contribution in [-0.4, -0.2) is 32.5 Å². The summed E-state index contributed by atoms with van der Waals surface area (Å²) in [5, 5.41) is 7.02. The summed E-state index contributed by atoms with van der Waals surface area (Å²) in [6.07, 6.45) is 0. The van der Waals surface area contributed by atoms with E-state index in [4.69, 9.17) is 5.73 Å². The Balaban J connectivity index is 2.49. The maximum Gasteiger partial charge on any atom is 0.106 e. The summed E-state index contributed by atoms with van der Waals surface area (Å²) in [5.41, 5.74) is 6.51. The van der Waals surface area contributed by atoms with E-state index in [-0.39, 0.29) is 0 Å². The number of nitrogens with zero attached hydrogens (tertiary/aromatic N) is 1. The minimum atomic E-state index is 0.375. The van der Waals surface area contributed by atoms with Crippen LogP contribution in [0.25, 0.3) is 0 Å². The number of hydrogen-bond acceptors (Lipinski definition) is 4. The van der Waals surface area contributed by atoms with Gasteiger partial charge in [0.15, 0.2) is 0 Å². The smallest absolute Gasteiger partial charge is 0.106 e. The second kappa shape index (κ2) is 3.53. The molecule has 58 valence electrons. The van der Waals surface area contributed by atoms with Crippen LogP contribution in [0.1, 0.15) is 0 Å². The molecule has 0 unspecified atom stereocenters. The zero-order chi connectivity index (χ0) is 7.40. The van der Waals surface area contributed by atoms with Crippen LogP contribution < -0.4 is 11.1 Å². The first-order valence-electron chi connectivity index (χ1n) is 3.39. The average molecular weight is 143 g/mol. The lowest BCUT2D eigenvalue weighted by Crippen LogP contribution is -2.22. The molecule has 0 radical (unpaired) electrons. The fourth-order valence-electron chi connectivity index (χ4n) is 1.08. The number of hydrogen-bond donors (Lipinski definition) is 2. The van der Waals surface area contributed by atoms with Crippen LogP contribution in [0.2, 0.25) is 0 Å². The molecule has 0 aliphatic carbocycles. The third-order valence-electron chi connectivity index (χ3n) is 1.66. The highest BCUT2D eigenvalue weighted by Crippen LogP contribution is 2.02. The SMILES string of the molecule is CON=C1CNC[C@@H]1CN. The van der Waals surface area contributed by atoms with Crippen molar-refractivity contribution in [1.29, 1.82) is 0 Å². The Hall–Kier alpha value is -0.610. The van der Waals surface area contributed by atoms with Crippen LogP contribution >= 0.6 is 0 Å². The molecule has 1 aliphatic rings. The Bertz CT molecular complexity index is 135. The Morgan fingerprint density at radius 2 is 2.70 bits per heavy atom. The zero-order valence-electron chi connectivity index (χ0n) is 6.13. The van der Waals surface area contributed by atoms with Crippen molar-refractivity contribution in [2.75, 3.05) is 26.7 Å². The van der Waals surface area contributed by atoms with Crippen molar-refractivity contribution in [3.05, 3.63) is 0 Å². The Morgan fingerprint density at radius 3 is 3.30 bits per heavy atom. The highest BCUT2D eigenvalue weighted by Gasteiger charge is 2.20. The molecule has 1 fully saturated rings. The van der Waals surface area contributed by atoms with Crippen molar-refractivity contribution >= 4 is 5.71 Å². The van der Waals surface area contributed by atoms with Gasteiger partial charge in [0.25, 0.3) is 0 Å². The third kappa shape index (κ3) is 1.46. The van der Waals surface area contributed by atoms with Gasteiger partial charge in [0.1, 0.15) is 7.11 Å². The number of nitrogens with one attached hydrogen (secondary N) is 1. The maximum atomic E-state index is 5.48. The molecule has 0 aromatic rings. The zero-order valence-corrected chi connectivity index (χ0v) is 6.13. The van der Waals surface area contributed by atoms with Gasteiger partial charge in [-0.15, -0.1) is 0 Å². The van der Waals surface area contributed by atoms with Gasteiger partial charge in [-0.25, -0.2) is 0 Å². The summed E-state index contributed by atoms with van der Waals surface area (Å²) in [6, 6.07) is 0. The Labute approximate surface area is 60.4 Å². The van der Waals surface area contributed by atoms with Gasteiger partial charge in [0.2, 0.25) is 0 Å². The average Bonchev–Trinajstić information content (AvgIpc) is 2.36. The molecule has 3 N–H and O–H groups in total. The molecule has 4 heteroatoms. The first-order chi connectivity index (χ1) is 4.88. The highest BCUT2D eigenvalue weighted by atomic mass is 16.6. The van der Waals surface area contributed by atoms with Crippen LogP contribution in [-0.2, 0) is 4.84 Å². The van der Waals surface area contributed by atoms with Crippen LogP contribution in [0, 0.1) is 5.92 Å². The molecule has 0 aromatic heterocycles. The summed E-state index contributed by atoms with van der Waals surface area (Å²) in [7, 11) is 1.55. The topological polar surface area (TPSA) is 59.6 Å². The van der Waals surface area contributed by atoms with Crippen molar-refractivity contribution in [3.8, 4) is 0 Å². The summed E-state index contributed by atoms with van der Waals surface area (Å²) in [5.74, 6) is 0.375. The number of oxime groups is 1. The fourth-order valence-corrected chi connectivity index (χ4v) is 1.08. The first kappa shape index (κ1) is 7.50. The van der Waals surface area contributed by atoms with Crippen molar-refractivity contribution in [3.63, 3.8) is 0 Å². The van der Waals surface area contributed by atoms with Crippen LogP contribution in [0.3, 0.4) is 0 Å². The normalized spacial score (nSPS) is 29.4. The second-order valence-corrected chi connectivity index (χ2v) is 2.33. The van der Waals surface area contributed by atoms with Gasteiger partial charge < -0.3 is 15.9 Å². The predicted octanol–water partition coefficient (Wildman–Crippen LogP) is -0.833. The van der Waals surface area contributed by atoms with Crippen LogP contribution in [0.5, 0.6) is 0 Å². The molecule has 10 heavy (non-hydrogen) atoms. The van der Waals surface area contributed by atoms with Gasteiger partial charge in [-0.3, -0.25) is 0 Å². The van der Waals surface area contributed by atoms with E-state index in [1.54, 1.807) is 7.11 Å². The quantitative estimate of drug-likeness (QED) is 0.496. The van der Waals surface area contributed by atoms with Gasteiger partial charge in [0, 0.05) is 25.6 Å². The van der Waals surface area contributed by atoms with Crippen molar-refractivity contribution in [2.24, 2.45) is 16.8 Å². The van der Waals surface area contributed by atoms with Crippen LogP contribution in [0.4, 0.5) is 0 Å². The van der Waals surface area contributed by atoms with Crippen molar-refractivity contribution in [2.45, 2.75) is 0 Å². The standard InChI is InChI=1S/C6H13N3O/c1-10-9-6-4-8-3-5(6)2-7/h5,8H,2-4,7H2,1H3/t5-/m0/s1. The van der Waals surface area contributed by atoms with E-state index in [0.29, 0.717) is 12.5 Å². The molecule has 1 aliphatic heterocycles. The lowest BCUT2D eigenvalue weighted by atomic mass is 10.1. The lowest BCUT2D eigenvalue weighted by molar-refractivity contribution is 0.211. The van der Waals surface area contributed by atoms with E-state index in [1.165, 1.54) is 0 Å². The maximum absolute atomic E-state index is 5.48. The molecular weight excluding hydrogens is 130 g/mol. The van der Waals surface area contributed by atoms with Gasteiger partial charge in [-0.2, -0.15) is 0 Å². The molecule has 0 spiro atoms. The number of nitrogens with two attached hydrogens (primary N) is 1. The van der Waals surface area contributed by atoms with Gasteiger partial charge in [-0.05, 0) is 0 Å². The minimum absolute atomic E-state index is 0.375. The van der Waals surface area contributed by atoms with Crippen LogP contribution in [0.15, 0.2) is 5.16 Å². The molecule has 0 bridgehead atoms. The fraction of sp³-hybridized carbons (Fsp3) is 0.833. The van der Waals surface area contributed by atoms with E-state index < -0.39 is 0 Å². The molecule has 1 atom stereocenters. The molecule has 0 amide bonds. The van der Waals surface area contributed by atoms with Gasteiger partial charge in [0.05, 0.1) is 5.71 Å². The predicted molar refractivity (Wildman–Crippen MR) is 39.9 cm³/mol.